The summed E-state index contributed by atoms with van der Waals surface area (Å²) in [6.45, 7) is 3.97. The largest absolute Gasteiger partial charge is 0.465 e. The smallest absolute Gasteiger partial charge is 0.339 e. The molecule has 7 nitrogen and oxygen atoms in total. The van der Waals surface area contributed by atoms with E-state index in [0.717, 1.165) is 17.4 Å². The number of para-hydroxylation sites is 1. The maximum Gasteiger partial charge on any atom is 0.339 e. The normalized spacial score (nSPS) is 11.0. The van der Waals surface area contributed by atoms with Gasteiger partial charge in [0.1, 0.15) is 0 Å². The van der Waals surface area contributed by atoms with Crippen molar-refractivity contribution in [1.29, 1.82) is 0 Å². The Morgan fingerprint density at radius 3 is 2.41 bits per heavy atom. The maximum absolute atomic E-state index is 12.3. The van der Waals surface area contributed by atoms with Gasteiger partial charge in [0.25, 0.3) is 0 Å². The average Bonchev–Trinajstić information content (AvgIpc) is 2.67. The lowest BCUT2D eigenvalue weighted by molar-refractivity contribution is -0.116. The predicted molar refractivity (Wildman–Crippen MR) is 114 cm³/mol. The van der Waals surface area contributed by atoms with E-state index in [0.29, 0.717) is 17.8 Å². The molecule has 2 aromatic rings. The topological polar surface area (TPSA) is 92.8 Å². The summed E-state index contributed by atoms with van der Waals surface area (Å²) in [7, 11) is -2.22. The second-order valence-corrected chi connectivity index (χ2v) is 8.65. The Morgan fingerprint density at radius 1 is 1.07 bits per heavy atom. The van der Waals surface area contributed by atoms with E-state index in [2.05, 4.69) is 5.32 Å². The summed E-state index contributed by atoms with van der Waals surface area (Å²) in [5, 5.41) is 2.69. The molecule has 0 aliphatic carbocycles. The van der Waals surface area contributed by atoms with Gasteiger partial charge in [0.15, 0.2) is 0 Å². The zero-order valence-corrected chi connectivity index (χ0v) is 17.9. The molecule has 0 heterocycles. The number of nitrogens with zero attached hydrogens (tertiary/aromatic N) is 1. The van der Waals surface area contributed by atoms with Gasteiger partial charge in [-0.15, -0.1) is 0 Å². The standard InChI is InChI=1S/C21H26N2O5S/c1-15-9-7-12-19(16(15)2)23(29(4,26)27)14-8-13-20(24)22-18-11-6-5-10-17(18)21(25)28-3/h5-7,9-12H,8,13-14H2,1-4H3,(H,22,24). The quantitative estimate of drug-likeness (QED) is 0.664. The van der Waals surface area contributed by atoms with Crippen LogP contribution in [-0.2, 0) is 19.6 Å². The molecule has 2 aromatic carbocycles. The highest BCUT2D eigenvalue weighted by molar-refractivity contribution is 7.92. The Kier molecular flexibility index (Phi) is 7.39. The van der Waals surface area contributed by atoms with Crippen molar-refractivity contribution in [3.8, 4) is 0 Å². The van der Waals surface area contributed by atoms with Gasteiger partial charge in [0.2, 0.25) is 15.9 Å². The molecule has 0 unspecified atom stereocenters. The fraction of sp³-hybridized carbons (Fsp3) is 0.333. The number of carbonyl (C=O) groups excluding carboxylic acids is 2. The summed E-state index contributed by atoms with van der Waals surface area (Å²) in [4.78, 5) is 24.1. The van der Waals surface area contributed by atoms with Gasteiger partial charge in [-0.2, -0.15) is 0 Å². The summed E-state index contributed by atoms with van der Waals surface area (Å²) < 4.78 is 30.6. The third kappa shape index (κ3) is 5.80. The number of amides is 1. The number of ether oxygens (including phenoxy) is 1. The molecular weight excluding hydrogens is 392 g/mol. The summed E-state index contributed by atoms with van der Waals surface area (Å²) in [5.74, 6) is -0.852. The molecule has 0 spiro atoms. The highest BCUT2D eigenvalue weighted by Gasteiger charge is 2.20. The predicted octanol–water partition coefficient (Wildman–Crippen LogP) is 3.27. The Hall–Kier alpha value is -2.87. The molecule has 0 saturated heterocycles. The summed E-state index contributed by atoms with van der Waals surface area (Å²) >= 11 is 0. The molecule has 2 rings (SSSR count). The van der Waals surface area contributed by atoms with Crippen LogP contribution in [0.25, 0.3) is 0 Å². The van der Waals surface area contributed by atoms with Gasteiger partial charge in [-0.1, -0.05) is 24.3 Å². The van der Waals surface area contributed by atoms with E-state index in [4.69, 9.17) is 4.74 Å². The Morgan fingerprint density at radius 2 is 1.76 bits per heavy atom. The first-order chi connectivity index (χ1) is 13.6. The van der Waals surface area contributed by atoms with Crippen LogP contribution in [-0.4, -0.2) is 40.2 Å². The molecule has 0 radical (unpaired) electrons. The second-order valence-electron chi connectivity index (χ2n) is 6.74. The SMILES string of the molecule is COC(=O)c1ccccc1NC(=O)CCCN(c1cccc(C)c1C)S(C)(=O)=O. The third-order valence-corrected chi connectivity index (χ3v) is 5.80. The minimum Gasteiger partial charge on any atom is -0.465 e. The van der Waals surface area contributed by atoms with Crippen LogP contribution in [0.2, 0.25) is 0 Å². The van der Waals surface area contributed by atoms with E-state index in [9.17, 15) is 18.0 Å². The van der Waals surface area contributed by atoms with Gasteiger partial charge in [-0.05, 0) is 49.6 Å². The molecule has 156 valence electrons. The van der Waals surface area contributed by atoms with Crippen LogP contribution >= 0.6 is 0 Å². The van der Waals surface area contributed by atoms with E-state index in [1.54, 1.807) is 30.3 Å². The van der Waals surface area contributed by atoms with E-state index >= 15 is 0 Å². The molecule has 29 heavy (non-hydrogen) atoms. The number of esters is 1. The molecule has 0 aliphatic rings. The van der Waals surface area contributed by atoms with Crippen molar-refractivity contribution in [3.05, 3.63) is 59.2 Å². The van der Waals surface area contributed by atoms with Crippen LogP contribution in [0, 0.1) is 13.8 Å². The van der Waals surface area contributed by atoms with Crippen molar-refractivity contribution in [2.45, 2.75) is 26.7 Å². The fourth-order valence-corrected chi connectivity index (χ4v) is 3.96. The van der Waals surface area contributed by atoms with Crippen LogP contribution in [0.1, 0.15) is 34.3 Å². The molecule has 0 atom stereocenters. The van der Waals surface area contributed by atoms with Crippen LogP contribution in [0.3, 0.4) is 0 Å². The molecular formula is C21H26N2O5S. The van der Waals surface area contributed by atoms with Gasteiger partial charge >= 0.3 is 5.97 Å². The lowest BCUT2D eigenvalue weighted by Crippen LogP contribution is -2.32. The van der Waals surface area contributed by atoms with Gasteiger partial charge in [0.05, 0.1) is 30.3 Å². The molecule has 1 amide bonds. The van der Waals surface area contributed by atoms with Gasteiger partial charge in [-0.25, -0.2) is 13.2 Å². The van der Waals surface area contributed by atoms with Crippen LogP contribution < -0.4 is 9.62 Å². The van der Waals surface area contributed by atoms with Crippen molar-refractivity contribution in [3.63, 3.8) is 0 Å². The van der Waals surface area contributed by atoms with Crippen LogP contribution in [0.5, 0.6) is 0 Å². The molecule has 0 bridgehead atoms. The Balaban J connectivity index is 2.06. The summed E-state index contributed by atoms with van der Waals surface area (Å²) in [6, 6.07) is 12.0. The highest BCUT2D eigenvalue weighted by atomic mass is 32.2. The van der Waals surface area contributed by atoms with Gasteiger partial charge < -0.3 is 10.1 Å². The number of nitrogens with one attached hydrogen (secondary N) is 1. The monoisotopic (exact) mass is 418 g/mol. The van der Waals surface area contributed by atoms with Crippen molar-refractivity contribution in [2.24, 2.45) is 0 Å². The molecule has 0 fully saturated rings. The van der Waals surface area contributed by atoms with E-state index in [-0.39, 0.29) is 24.4 Å². The average molecular weight is 419 g/mol. The van der Waals surface area contributed by atoms with E-state index < -0.39 is 16.0 Å². The van der Waals surface area contributed by atoms with Gasteiger partial charge in [0, 0.05) is 13.0 Å². The maximum atomic E-state index is 12.3. The van der Waals surface area contributed by atoms with Crippen LogP contribution in [0.15, 0.2) is 42.5 Å². The van der Waals surface area contributed by atoms with Crippen molar-refractivity contribution in [1.82, 2.24) is 0 Å². The number of aryl methyl sites for hydroxylation is 1. The summed E-state index contributed by atoms with van der Waals surface area (Å²) in [5.41, 5.74) is 3.11. The lowest BCUT2D eigenvalue weighted by atomic mass is 10.1. The second kappa shape index (κ2) is 9.56. The van der Waals surface area contributed by atoms with Crippen molar-refractivity contribution >= 4 is 33.3 Å². The zero-order chi connectivity index (χ0) is 21.6. The minimum atomic E-state index is -3.49. The molecule has 8 heteroatoms. The number of hydrogen-bond donors (Lipinski definition) is 1. The Bertz CT molecular complexity index is 1000. The fourth-order valence-electron chi connectivity index (χ4n) is 2.95. The number of methoxy groups -OCH3 is 1. The first kappa shape index (κ1) is 22.4. The van der Waals surface area contributed by atoms with E-state index in [1.165, 1.54) is 11.4 Å². The number of rotatable bonds is 8. The highest BCUT2D eigenvalue weighted by Crippen LogP contribution is 2.25. The zero-order valence-electron chi connectivity index (χ0n) is 17.1. The minimum absolute atomic E-state index is 0.104. The Labute approximate surface area is 171 Å². The van der Waals surface area contributed by atoms with E-state index in [1.807, 2.05) is 26.0 Å². The van der Waals surface area contributed by atoms with Crippen molar-refractivity contribution in [2.75, 3.05) is 29.5 Å². The summed E-state index contributed by atoms with van der Waals surface area (Å²) in [6.07, 6.45) is 1.58. The molecule has 0 aromatic heterocycles. The first-order valence-electron chi connectivity index (χ1n) is 9.16. The number of benzene rings is 2. The first-order valence-corrected chi connectivity index (χ1v) is 11.0. The van der Waals surface area contributed by atoms with Crippen LogP contribution in [0.4, 0.5) is 11.4 Å². The molecule has 0 aliphatic heterocycles. The third-order valence-electron chi connectivity index (χ3n) is 4.62. The molecule has 0 saturated carbocycles. The number of anilines is 2. The lowest BCUT2D eigenvalue weighted by Gasteiger charge is -2.25. The molecule has 1 N–H and O–H groups in total. The van der Waals surface area contributed by atoms with Gasteiger partial charge in [-0.3, -0.25) is 9.10 Å². The van der Waals surface area contributed by atoms with Crippen molar-refractivity contribution < 1.29 is 22.7 Å². The number of hydrogen-bond acceptors (Lipinski definition) is 5. The number of sulfonamides is 1. The number of carbonyl (C=O) groups is 2.